The molecule has 1 unspecified atom stereocenters. The van der Waals surface area contributed by atoms with Gasteiger partial charge in [-0.3, -0.25) is 0 Å². The summed E-state index contributed by atoms with van der Waals surface area (Å²) in [7, 11) is 4.21. The van der Waals surface area contributed by atoms with Gasteiger partial charge in [0.2, 0.25) is 0 Å². The molecule has 1 heterocycles. The van der Waals surface area contributed by atoms with Gasteiger partial charge in [-0.1, -0.05) is 18.2 Å². The molecule has 2 nitrogen and oxygen atoms in total. The second kappa shape index (κ2) is 3.86. The first-order valence-corrected chi connectivity index (χ1v) is 5.51. The molecule has 0 radical (unpaired) electrons. The SMILES string of the molecule is CN(C)CCC1(C)Cc2ccccc2O1. The van der Waals surface area contributed by atoms with Crippen molar-refractivity contribution >= 4 is 0 Å². The van der Waals surface area contributed by atoms with Gasteiger partial charge in [-0.25, -0.2) is 0 Å². The number of ether oxygens (including phenoxy) is 1. The van der Waals surface area contributed by atoms with Crippen molar-refractivity contribution in [3.05, 3.63) is 29.8 Å². The normalized spacial score (nSPS) is 24.0. The van der Waals surface area contributed by atoms with Gasteiger partial charge in [0.15, 0.2) is 0 Å². The molecule has 0 amide bonds. The van der Waals surface area contributed by atoms with Crippen LogP contribution in [0.15, 0.2) is 24.3 Å². The summed E-state index contributed by atoms with van der Waals surface area (Å²) in [6, 6.07) is 8.35. The zero-order valence-electron chi connectivity index (χ0n) is 9.79. The van der Waals surface area contributed by atoms with Crippen LogP contribution in [0.3, 0.4) is 0 Å². The van der Waals surface area contributed by atoms with Gasteiger partial charge in [0, 0.05) is 13.0 Å². The fourth-order valence-corrected chi connectivity index (χ4v) is 2.05. The molecule has 0 saturated heterocycles. The van der Waals surface area contributed by atoms with E-state index < -0.39 is 0 Å². The Hall–Kier alpha value is -1.02. The summed E-state index contributed by atoms with van der Waals surface area (Å²) < 4.78 is 6.02. The Morgan fingerprint density at radius 3 is 2.73 bits per heavy atom. The molecule has 82 valence electrons. The molecule has 0 bridgehead atoms. The molecule has 1 aliphatic heterocycles. The predicted octanol–water partition coefficient (Wildman–Crippen LogP) is 2.33. The number of hydrogen-bond donors (Lipinski definition) is 0. The maximum atomic E-state index is 6.02. The smallest absolute Gasteiger partial charge is 0.123 e. The number of fused-ring (bicyclic) bond motifs is 1. The van der Waals surface area contributed by atoms with Crippen molar-refractivity contribution in [3.63, 3.8) is 0 Å². The van der Waals surface area contributed by atoms with Crippen LogP contribution in [0, 0.1) is 0 Å². The molecule has 1 aromatic carbocycles. The molecule has 0 spiro atoms. The van der Waals surface area contributed by atoms with E-state index in [-0.39, 0.29) is 5.60 Å². The van der Waals surface area contributed by atoms with E-state index in [0.717, 1.165) is 25.1 Å². The van der Waals surface area contributed by atoms with E-state index in [2.05, 4.69) is 44.1 Å². The minimum atomic E-state index is -0.00600. The highest BCUT2D eigenvalue weighted by atomic mass is 16.5. The van der Waals surface area contributed by atoms with Gasteiger partial charge in [-0.15, -0.1) is 0 Å². The topological polar surface area (TPSA) is 12.5 Å². The molecule has 2 rings (SSSR count). The van der Waals surface area contributed by atoms with Crippen molar-refractivity contribution in [2.24, 2.45) is 0 Å². The summed E-state index contributed by atoms with van der Waals surface area (Å²) in [4.78, 5) is 2.21. The van der Waals surface area contributed by atoms with E-state index in [9.17, 15) is 0 Å². The second-order valence-electron chi connectivity index (χ2n) is 4.89. The van der Waals surface area contributed by atoms with Gasteiger partial charge in [-0.05, 0) is 39.1 Å². The molecular weight excluding hydrogens is 186 g/mol. The lowest BCUT2D eigenvalue weighted by molar-refractivity contribution is 0.0957. The lowest BCUT2D eigenvalue weighted by atomic mass is 9.96. The lowest BCUT2D eigenvalue weighted by Gasteiger charge is -2.25. The van der Waals surface area contributed by atoms with Crippen LogP contribution in [-0.4, -0.2) is 31.1 Å². The molecule has 0 aliphatic carbocycles. The number of benzene rings is 1. The van der Waals surface area contributed by atoms with Gasteiger partial charge < -0.3 is 9.64 Å². The zero-order valence-corrected chi connectivity index (χ0v) is 9.79. The standard InChI is InChI=1S/C13H19NO/c1-13(8-9-14(2)3)10-11-6-4-5-7-12(11)15-13/h4-7H,8-10H2,1-3H3. The molecule has 0 fully saturated rings. The summed E-state index contributed by atoms with van der Waals surface area (Å²) in [5.74, 6) is 1.07. The summed E-state index contributed by atoms with van der Waals surface area (Å²) in [5.41, 5.74) is 1.34. The first-order valence-electron chi connectivity index (χ1n) is 5.51. The largest absolute Gasteiger partial charge is 0.487 e. The molecule has 0 N–H and O–H groups in total. The van der Waals surface area contributed by atoms with E-state index in [1.54, 1.807) is 0 Å². The Morgan fingerprint density at radius 1 is 1.33 bits per heavy atom. The van der Waals surface area contributed by atoms with E-state index in [4.69, 9.17) is 4.74 Å². The van der Waals surface area contributed by atoms with Crippen LogP contribution in [0.1, 0.15) is 18.9 Å². The first-order chi connectivity index (χ1) is 7.09. The monoisotopic (exact) mass is 205 g/mol. The Kier molecular flexibility index (Phi) is 2.70. The average molecular weight is 205 g/mol. The minimum absolute atomic E-state index is 0.00600. The fraction of sp³-hybridized carbons (Fsp3) is 0.538. The Bertz CT molecular complexity index is 321. The van der Waals surface area contributed by atoms with Crippen LogP contribution >= 0.6 is 0 Å². The third-order valence-corrected chi connectivity index (χ3v) is 2.98. The van der Waals surface area contributed by atoms with E-state index >= 15 is 0 Å². The first kappa shape index (κ1) is 10.5. The van der Waals surface area contributed by atoms with Crippen molar-refractivity contribution < 1.29 is 4.74 Å². The van der Waals surface area contributed by atoms with Crippen LogP contribution in [-0.2, 0) is 6.42 Å². The van der Waals surface area contributed by atoms with Gasteiger partial charge in [0.1, 0.15) is 11.4 Å². The van der Waals surface area contributed by atoms with E-state index in [1.165, 1.54) is 5.56 Å². The highest BCUT2D eigenvalue weighted by Crippen LogP contribution is 2.36. The van der Waals surface area contributed by atoms with Crippen LogP contribution in [0.25, 0.3) is 0 Å². The minimum Gasteiger partial charge on any atom is -0.487 e. The number of hydrogen-bond acceptors (Lipinski definition) is 2. The van der Waals surface area contributed by atoms with Crippen molar-refractivity contribution in [3.8, 4) is 5.75 Å². The zero-order chi connectivity index (χ0) is 10.9. The maximum Gasteiger partial charge on any atom is 0.123 e. The van der Waals surface area contributed by atoms with Crippen molar-refractivity contribution in [1.82, 2.24) is 4.90 Å². The molecule has 1 aliphatic rings. The molecule has 2 heteroatoms. The van der Waals surface area contributed by atoms with E-state index in [1.807, 2.05) is 6.07 Å². The Morgan fingerprint density at radius 2 is 2.07 bits per heavy atom. The van der Waals surface area contributed by atoms with Gasteiger partial charge in [-0.2, -0.15) is 0 Å². The van der Waals surface area contributed by atoms with Crippen molar-refractivity contribution in [2.45, 2.75) is 25.4 Å². The summed E-state index contributed by atoms with van der Waals surface area (Å²) in [6.45, 7) is 3.28. The second-order valence-corrected chi connectivity index (χ2v) is 4.89. The third kappa shape index (κ3) is 2.32. The van der Waals surface area contributed by atoms with Gasteiger partial charge in [0.05, 0.1) is 0 Å². The van der Waals surface area contributed by atoms with Crippen LogP contribution in [0.4, 0.5) is 0 Å². The highest BCUT2D eigenvalue weighted by molar-refractivity contribution is 5.38. The Labute approximate surface area is 91.9 Å². The predicted molar refractivity (Wildman–Crippen MR) is 62.4 cm³/mol. The molecular formula is C13H19NO. The van der Waals surface area contributed by atoms with Crippen LogP contribution < -0.4 is 4.74 Å². The highest BCUT2D eigenvalue weighted by Gasteiger charge is 2.33. The Balaban J connectivity index is 2.04. The van der Waals surface area contributed by atoms with Crippen molar-refractivity contribution in [1.29, 1.82) is 0 Å². The summed E-state index contributed by atoms with van der Waals surface area (Å²) >= 11 is 0. The third-order valence-electron chi connectivity index (χ3n) is 2.98. The van der Waals surface area contributed by atoms with Crippen LogP contribution in [0.5, 0.6) is 5.75 Å². The van der Waals surface area contributed by atoms with Gasteiger partial charge in [0.25, 0.3) is 0 Å². The fourth-order valence-electron chi connectivity index (χ4n) is 2.05. The average Bonchev–Trinajstić information content (AvgIpc) is 2.52. The number of nitrogens with zero attached hydrogens (tertiary/aromatic N) is 1. The van der Waals surface area contributed by atoms with Crippen LogP contribution in [0.2, 0.25) is 0 Å². The molecule has 1 atom stereocenters. The summed E-state index contributed by atoms with van der Waals surface area (Å²) in [5, 5.41) is 0. The van der Waals surface area contributed by atoms with E-state index in [0.29, 0.717) is 0 Å². The molecule has 0 saturated carbocycles. The summed E-state index contributed by atoms with van der Waals surface area (Å²) in [6.07, 6.45) is 2.12. The number of rotatable bonds is 3. The molecule has 15 heavy (non-hydrogen) atoms. The lowest BCUT2D eigenvalue weighted by Crippen LogP contribution is -2.34. The quantitative estimate of drug-likeness (QED) is 0.751. The maximum absolute atomic E-state index is 6.02. The molecule has 0 aromatic heterocycles. The van der Waals surface area contributed by atoms with Gasteiger partial charge >= 0.3 is 0 Å². The number of para-hydroxylation sites is 1. The van der Waals surface area contributed by atoms with Crippen molar-refractivity contribution in [2.75, 3.05) is 20.6 Å². The molecule has 1 aromatic rings.